The largest absolute Gasteiger partial charge is 1.00 e. The molecule has 0 fully saturated rings. The summed E-state index contributed by atoms with van der Waals surface area (Å²) in [6.45, 7) is 1.55. The van der Waals surface area contributed by atoms with E-state index in [1.165, 1.54) is 0 Å². The molecule has 0 aliphatic carbocycles. The van der Waals surface area contributed by atoms with Crippen LogP contribution in [0.5, 0.6) is 0 Å². The highest BCUT2D eigenvalue weighted by atomic mass is 35.5. The van der Waals surface area contributed by atoms with Crippen LogP contribution in [0.1, 0.15) is 0 Å². The zero-order valence-corrected chi connectivity index (χ0v) is 8.58. The van der Waals surface area contributed by atoms with Crippen LogP contribution in [0.4, 0.5) is 0 Å². The van der Waals surface area contributed by atoms with E-state index < -0.39 is 0 Å². The number of likely N-dealkylation sites (N-methyl/N-ethyl adjacent to an activating group) is 1. The van der Waals surface area contributed by atoms with E-state index in [0.717, 1.165) is 23.1 Å². The SMILES string of the molecule is C[N+](C)(C)CCOSC#N.[Cl-]. The van der Waals surface area contributed by atoms with Crippen molar-refractivity contribution < 1.29 is 21.1 Å². The lowest BCUT2D eigenvalue weighted by Gasteiger charge is -2.22. The number of nitriles is 1. The highest BCUT2D eigenvalue weighted by Gasteiger charge is 2.05. The summed E-state index contributed by atoms with van der Waals surface area (Å²) < 4.78 is 5.77. The third kappa shape index (κ3) is 13.1. The number of nitrogens with zero attached hydrogens (tertiary/aromatic N) is 2. The summed E-state index contributed by atoms with van der Waals surface area (Å²) in [4.78, 5) is 0. The van der Waals surface area contributed by atoms with Crippen LogP contribution in [0.2, 0.25) is 0 Å². The fourth-order valence-electron chi connectivity index (χ4n) is 0.379. The third-order valence-corrected chi connectivity index (χ3v) is 1.30. The minimum atomic E-state index is 0. The molecule has 0 aromatic heterocycles. The van der Waals surface area contributed by atoms with Crippen molar-refractivity contribution in [3.8, 4) is 5.40 Å². The first kappa shape index (κ1) is 13.6. The average Bonchev–Trinajstić information content (AvgIpc) is 1.78. The molecular weight excluding hydrogens is 184 g/mol. The van der Waals surface area contributed by atoms with E-state index in [1.54, 1.807) is 0 Å². The lowest BCUT2D eigenvalue weighted by molar-refractivity contribution is -0.870. The molecule has 0 aliphatic heterocycles. The Bertz CT molecular complexity index is 130. The number of hydrogen-bond acceptors (Lipinski definition) is 3. The molecule has 0 saturated heterocycles. The Morgan fingerprint density at radius 2 is 2.00 bits per heavy atom. The van der Waals surface area contributed by atoms with Gasteiger partial charge in [0.25, 0.3) is 0 Å². The molecule has 0 bridgehead atoms. The maximum absolute atomic E-state index is 8.08. The van der Waals surface area contributed by atoms with Gasteiger partial charge in [0.15, 0.2) is 5.40 Å². The van der Waals surface area contributed by atoms with Crippen molar-refractivity contribution in [1.29, 1.82) is 5.26 Å². The van der Waals surface area contributed by atoms with Gasteiger partial charge in [0.1, 0.15) is 25.2 Å². The van der Waals surface area contributed by atoms with Gasteiger partial charge >= 0.3 is 0 Å². The van der Waals surface area contributed by atoms with E-state index in [-0.39, 0.29) is 12.4 Å². The van der Waals surface area contributed by atoms with Crippen molar-refractivity contribution in [3.63, 3.8) is 0 Å². The third-order valence-electron chi connectivity index (χ3n) is 0.942. The first-order valence-electron chi connectivity index (χ1n) is 3.04. The maximum Gasteiger partial charge on any atom is 0.163 e. The molecular formula is C6H13ClN2OS. The molecule has 0 radical (unpaired) electrons. The van der Waals surface area contributed by atoms with Crippen molar-refractivity contribution >= 4 is 12.0 Å². The van der Waals surface area contributed by atoms with Crippen LogP contribution in [0.25, 0.3) is 0 Å². The molecule has 5 heteroatoms. The lowest BCUT2D eigenvalue weighted by Crippen LogP contribution is -3.00. The molecule has 0 aromatic rings. The van der Waals surface area contributed by atoms with Crippen LogP contribution in [0.15, 0.2) is 0 Å². The second kappa shape index (κ2) is 6.74. The highest BCUT2D eigenvalue weighted by Crippen LogP contribution is 1.99. The Morgan fingerprint density at radius 1 is 1.45 bits per heavy atom. The summed E-state index contributed by atoms with van der Waals surface area (Å²) in [7, 11) is 6.25. The van der Waals surface area contributed by atoms with Gasteiger partial charge in [-0.2, -0.15) is 5.26 Å². The normalized spacial score (nSPS) is 10.0. The van der Waals surface area contributed by atoms with E-state index in [2.05, 4.69) is 21.1 Å². The van der Waals surface area contributed by atoms with Crippen LogP contribution in [0.3, 0.4) is 0 Å². The fraction of sp³-hybridized carbons (Fsp3) is 0.833. The molecule has 0 aromatic carbocycles. The summed E-state index contributed by atoms with van der Waals surface area (Å²) in [5.74, 6) is 0. The minimum Gasteiger partial charge on any atom is -1.00 e. The molecule has 0 rings (SSSR count). The van der Waals surface area contributed by atoms with Gasteiger partial charge in [-0.15, -0.1) is 0 Å². The maximum atomic E-state index is 8.08. The number of hydrogen-bond donors (Lipinski definition) is 0. The van der Waals surface area contributed by atoms with Gasteiger partial charge in [0.2, 0.25) is 0 Å². The van der Waals surface area contributed by atoms with Crippen LogP contribution in [0, 0.1) is 10.7 Å². The quantitative estimate of drug-likeness (QED) is 0.222. The zero-order valence-electron chi connectivity index (χ0n) is 7.00. The van der Waals surface area contributed by atoms with Crippen molar-refractivity contribution in [3.05, 3.63) is 0 Å². The summed E-state index contributed by atoms with van der Waals surface area (Å²) in [6.07, 6.45) is 0. The fourth-order valence-corrected chi connectivity index (χ4v) is 0.590. The molecule has 66 valence electrons. The number of quaternary nitrogens is 1. The van der Waals surface area contributed by atoms with E-state index in [1.807, 2.05) is 5.40 Å². The Hall–Kier alpha value is 0.0500. The van der Waals surface area contributed by atoms with Crippen LogP contribution in [-0.4, -0.2) is 38.8 Å². The highest BCUT2D eigenvalue weighted by molar-refractivity contribution is 7.99. The molecule has 0 aliphatic rings. The Kier molecular flexibility index (Phi) is 8.35. The van der Waals surface area contributed by atoms with Crippen molar-refractivity contribution in [1.82, 2.24) is 0 Å². The van der Waals surface area contributed by atoms with Crippen molar-refractivity contribution in [2.75, 3.05) is 34.3 Å². The minimum absolute atomic E-state index is 0. The monoisotopic (exact) mass is 196 g/mol. The van der Waals surface area contributed by atoms with E-state index >= 15 is 0 Å². The summed E-state index contributed by atoms with van der Waals surface area (Å²) in [5.41, 5.74) is 0. The summed E-state index contributed by atoms with van der Waals surface area (Å²) >= 11 is 0.844. The number of thiocyanates is 1. The molecule has 0 heterocycles. The number of rotatable bonds is 4. The molecule has 0 atom stereocenters. The Labute approximate surface area is 78.5 Å². The van der Waals surface area contributed by atoms with Crippen LogP contribution < -0.4 is 12.4 Å². The Morgan fingerprint density at radius 3 is 2.36 bits per heavy atom. The van der Waals surface area contributed by atoms with E-state index in [0.29, 0.717) is 6.61 Å². The predicted octanol–water partition coefficient (Wildman–Crippen LogP) is -2.16. The average molecular weight is 197 g/mol. The number of halogens is 1. The molecule has 3 nitrogen and oxygen atoms in total. The summed E-state index contributed by atoms with van der Waals surface area (Å²) in [5, 5.41) is 9.92. The predicted molar refractivity (Wildman–Crippen MR) is 42.1 cm³/mol. The van der Waals surface area contributed by atoms with Crippen molar-refractivity contribution in [2.24, 2.45) is 0 Å². The van der Waals surface area contributed by atoms with E-state index in [9.17, 15) is 0 Å². The first-order valence-corrected chi connectivity index (χ1v) is 3.78. The van der Waals surface area contributed by atoms with Gasteiger partial charge in [-0.05, 0) is 0 Å². The van der Waals surface area contributed by atoms with Gasteiger partial charge in [-0.1, -0.05) is 0 Å². The molecule has 0 spiro atoms. The Balaban J connectivity index is 0. The smallest absolute Gasteiger partial charge is 0.163 e. The second-order valence-electron chi connectivity index (χ2n) is 3.01. The van der Waals surface area contributed by atoms with Gasteiger partial charge < -0.3 is 16.9 Å². The molecule has 11 heavy (non-hydrogen) atoms. The van der Waals surface area contributed by atoms with Gasteiger partial charge in [-0.25, -0.2) is 0 Å². The summed E-state index contributed by atoms with van der Waals surface area (Å²) in [6, 6.07) is 0. The van der Waals surface area contributed by atoms with Crippen LogP contribution >= 0.6 is 12.0 Å². The van der Waals surface area contributed by atoms with Crippen LogP contribution in [-0.2, 0) is 4.18 Å². The molecule has 0 saturated carbocycles. The zero-order chi connectivity index (χ0) is 8.04. The van der Waals surface area contributed by atoms with Crippen molar-refractivity contribution in [2.45, 2.75) is 0 Å². The topological polar surface area (TPSA) is 33.0 Å². The molecule has 0 N–H and O–H groups in total. The molecule has 0 unspecified atom stereocenters. The van der Waals surface area contributed by atoms with E-state index in [4.69, 9.17) is 9.44 Å². The van der Waals surface area contributed by atoms with Gasteiger partial charge in [0, 0.05) is 0 Å². The standard InChI is InChI=1S/C6H13N2OS.ClH/c1-8(2,3)4-5-9-10-6-7;/h4-5H2,1-3H3;1H/q+1;/p-1. The lowest BCUT2D eigenvalue weighted by atomic mass is 10.5. The van der Waals surface area contributed by atoms with Gasteiger partial charge in [0.05, 0.1) is 21.1 Å². The first-order chi connectivity index (χ1) is 4.56. The molecule has 0 amide bonds. The van der Waals surface area contributed by atoms with Gasteiger partial charge in [-0.3, -0.25) is 4.18 Å². The second-order valence-corrected chi connectivity index (χ2v) is 3.60.